The second-order valence-corrected chi connectivity index (χ2v) is 8.39. The number of anilines is 1. The summed E-state index contributed by atoms with van der Waals surface area (Å²) in [6, 6.07) is 13.4. The van der Waals surface area contributed by atoms with Gasteiger partial charge >= 0.3 is 0 Å². The molecule has 0 heterocycles. The molecule has 0 saturated heterocycles. The average molecular weight is 420 g/mol. The zero-order chi connectivity index (χ0) is 20.7. The Labute approximate surface area is 170 Å². The van der Waals surface area contributed by atoms with E-state index in [9.17, 15) is 13.2 Å². The summed E-state index contributed by atoms with van der Waals surface area (Å²) in [5.41, 5.74) is 1.31. The maximum Gasteiger partial charge on any atom is 0.250 e. The molecule has 0 aliphatic heterocycles. The summed E-state index contributed by atoms with van der Waals surface area (Å²) in [6.45, 7) is 0. The van der Waals surface area contributed by atoms with Crippen molar-refractivity contribution in [3.05, 3.63) is 60.2 Å². The van der Waals surface area contributed by atoms with Crippen LogP contribution in [0.1, 0.15) is 5.56 Å². The molecule has 0 radical (unpaired) electrons. The predicted octanol–water partition coefficient (Wildman–Crippen LogP) is 2.47. The Morgan fingerprint density at radius 3 is 2.36 bits per heavy atom. The Morgan fingerprint density at radius 2 is 1.75 bits per heavy atom. The second-order valence-electron chi connectivity index (χ2n) is 5.83. The van der Waals surface area contributed by atoms with Crippen molar-refractivity contribution in [3.8, 4) is 5.75 Å². The largest absolute Gasteiger partial charge is 0.496 e. The third-order valence-electron chi connectivity index (χ3n) is 3.68. The zero-order valence-electron chi connectivity index (χ0n) is 15.7. The number of benzene rings is 2. The predicted molar refractivity (Wildman–Crippen MR) is 114 cm³/mol. The summed E-state index contributed by atoms with van der Waals surface area (Å²) in [6.07, 6.45) is 2.97. The smallest absolute Gasteiger partial charge is 0.250 e. The molecule has 0 saturated carbocycles. The number of carbonyl (C=O) groups is 1. The second kappa shape index (κ2) is 9.45. The number of para-hydroxylation sites is 1. The molecule has 0 spiro atoms. The first-order valence-corrected chi connectivity index (χ1v) is 10.0. The fraction of sp³-hybridized carbons (Fsp3) is 0.158. The average Bonchev–Trinajstić information content (AvgIpc) is 2.66. The van der Waals surface area contributed by atoms with Crippen molar-refractivity contribution in [1.29, 1.82) is 0 Å². The lowest BCUT2D eigenvalue weighted by atomic mass is 10.2. The number of hydrogen-bond acceptors (Lipinski definition) is 5. The topological polar surface area (TPSA) is 87.7 Å². The molecule has 0 aliphatic carbocycles. The molecule has 2 N–H and O–H groups in total. The van der Waals surface area contributed by atoms with Gasteiger partial charge in [0.2, 0.25) is 15.9 Å². The molecule has 148 valence electrons. The third-order valence-corrected chi connectivity index (χ3v) is 5.71. The summed E-state index contributed by atoms with van der Waals surface area (Å²) >= 11 is 5.11. The van der Waals surface area contributed by atoms with Crippen molar-refractivity contribution in [2.24, 2.45) is 0 Å². The molecule has 2 aromatic rings. The molecular weight excluding hydrogens is 398 g/mol. The van der Waals surface area contributed by atoms with E-state index in [1.54, 1.807) is 31.4 Å². The van der Waals surface area contributed by atoms with Crippen molar-refractivity contribution in [1.82, 2.24) is 9.62 Å². The van der Waals surface area contributed by atoms with Gasteiger partial charge in [-0.3, -0.25) is 10.1 Å². The van der Waals surface area contributed by atoms with Crippen LogP contribution >= 0.6 is 12.2 Å². The van der Waals surface area contributed by atoms with Crippen LogP contribution in [-0.2, 0) is 14.8 Å². The van der Waals surface area contributed by atoms with Gasteiger partial charge < -0.3 is 10.1 Å². The van der Waals surface area contributed by atoms with E-state index in [4.69, 9.17) is 17.0 Å². The van der Waals surface area contributed by atoms with Gasteiger partial charge in [0.05, 0.1) is 12.0 Å². The summed E-state index contributed by atoms with van der Waals surface area (Å²) in [7, 11) is 0.985. The van der Waals surface area contributed by atoms with Crippen LogP contribution in [0.25, 0.3) is 6.08 Å². The van der Waals surface area contributed by atoms with Gasteiger partial charge in [0, 0.05) is 31.4 Å². The quantitative estimate of drug-likeness (QED) is 0.553. The molecule has 0 unspecified atom stereocenters. The molecule has 28 heavy (non-hydrogen) atoms. The highest BCUT2D eigenvalue weighted by Gasteiger charge is 2.16. The maximum atomic E-state index is 12.1. The first kappa shape index (κ1) is 21.5. The number of hydrogen-bond donors (Lipinski definition) is 2. The first-order chi connectivity index (χ1) is 13.2. The Morgan fingerprint density at radius 1 is 1.11 bits per heavy atom. The van der Waals surface area contributed by atoms with Gasteiger partial charge in [0.25, 0.3) is 0 Å². The minimum Gasteiger partial charge on any atom is -0.496 e. The number of methoxy groups -OCH3 is 1. The van der Waals surface area contributed by atoms with E-state index in [1.165, 1.54) is 32.3 Å². The van der Waals surface area contributed by atoms with Crippen molar-refractivity contribution in [3.63, 3.8) is 0 Å². The monoisotopic (exact) mass is 419 g/mol. The number of thiocarbonyl (C=S) groups is 1. The van der Waals surface area contributed by atoms with Crippen LogP contribution in [0.5, 0.6) is 5.75 Å². The summed E-state index contributed by atoms with van der Waals surface area (Å²) in [5, 5.41) is 5.46. The minimum absolute atomic E-state index is 0.0953. The van der Waals surface area contributed by atoms with Gasteiger partial charge in [0.1, 0.15) is 5.75 Å². The van der Waals surface area contributed by atoms with E-state index in [-0.39, 0.29) is 10.0 Å². The van der Waals surface area contributed by atoms with Crippen LogP contribution in [0.15, 0.2) is 59.5 Å². The molecule has 0 aromatic heterocycles. The molecule has 0 atom stereocenters. The Hall–Kier alpha value is -2.75. The minimum atomic E-state index is -3.50. The van der Waals surface area contributed by atoms with Crippen LogP contribution in [-0.4, -0.2) is 44.9 Å². The van der Waals surface area contributed by atoms with Crippen molar-refractivity contribution in [2.45, 2.75) is 4.90 Å². The van der Waals surface area contributed by atoms with Crippen molar-refractivity contribution >= 4 is 45.0 Å². The van der Waals surface area contributed by atoms with Crippen molar-refractivity contribution < 1.29 is 17.9 Å². The molecule has 0 fully saturated rings. The molecule has 9 heteroatoms. The van der Waals surface area contributed by atoms with Crippen LogP contribution in [0.4, 0.5) is 5.69 Å². The highest BCUT2D eigenvalue weighted by Crippen LogP contribution is 2.18. The lowest BCUT2D eigenvalue weighted by molar-refractivity contribution is -0.115. The van der Waals surface area contributed by atoms with Crippen LogP contribution in [0.3, 0.4) is 0 Å². The molecule has 2 aromatic carbocycles. The lowest BCUT2D eigenvalue weighted by Crippen LogP contribution is -2.32. The van der Waals surface area contributed by atoms with E-state index < -0.39 is 15.9 Å². The molecule has 2 rings (SSSR count). The van der Waals surface area contributed by atoms with Gasteiger partial charge in [0.15, 0.2) is 5.11 Å². The third kappa shape index (κ3) is 5.62. The number of nitrogens with zero attached hydrogens (tertiary/aromatic N) is 1. The number of sulfonamides is 1. The normalized spacial score (nSPS) is 11.4. The highest BCUT2D eigenvalue weighted by atomic mass is 32.2. The van der Waals surface area contributed by atoms with E-state index in [1.807, 2.05) is 18.2 Å². The van der Waals surface area contributed by atoms with Gasteiger partial charge in [-0.15, -0.1) is 0 Å². The lowest BCUT2D eigenvalue weighted by Gasteiger charge is -2.12. The number of carbonyl (C=O) groups excluding carboxylic acids is 1. The van der Waals surface area contributed by atoms with Crippen LogP contribution in [0.2, 0.25) is 0 Å². The van der Waals surface area contributed by atoms with E-state index >= 15 is 0 Å². The fourth-order valence-electron chi connectivity index (χ4n) is 2.21. The summed E-state index contributed by atoms with van der Waals surface area (Å²) in [5.74, 6) is 0.246. The van der Waals surface area contributed by atoms with E-state index in [0.29, 0.717) is 11.4 Å². The zero-order valence-corrected chi connectivity index (χ0v) is 17.3. The number of rotatable bonds is 6. The van der Waals surface area contributed by atoms with E-state index in [0.717, 1.165) is 9.87 Å². The molecule has 7 nitrogen and oxygen atoms in total. The molecule has 0 bridgehead atoms. The summed E-state index contributed by atoms with van der Waals surface area (Å²) in [4.78, 5) is 12.2. The molecular formula is C19H21N3O4S2. The standard InChI is InChI=1S/C19H21N3O4S2/c1-22(2)28(24,25)16-11-9-15(10-12-16)20-19(27)21-18(23)13-8-14-6-4-5-7-17(14)26-3/h4-13H,1-3H3,(H2,20,21,23,27). The number of ether oxygens (including phenoxy) is 1. The Bertz CT molecular complexity index is 984. The number of nitrogens with one attached hydrogen (secondary N) is 2. The highest BCUT2D eigenvalue weighted by molar-refractivity contribution is 7.89. The van der Waals surface area contributed by atoms with Crippen molar-refractivity contribution in [2.75, 3.05) is 26.5 Å². The molecule has 0 aliphatic rings. The van der Waals surface area contributed by atoms with Gasteiger partial charge in [-0.05, 0) is 48.6 Å². The van der Waals surface area contributed by atoms with Gasteiger partial charge in [-0.2, -0.15) is 0 Å². The Balaban J connectivity index is 1.96. The SMILES string of the molecule is COc1ccccc1C=CC(=O)NC(=S)Nc1ccc(S(=O)(=O)N(C)C)cc1. The van der Waals surface area contributed by atoms with Crippen LogP contribution < -0.4 is 15.4 Å². The first-order valence-electron chi connectivity index (χ1n) is 8.19. The Kier molecular flexibility index (Phi) is 7.27. The van der Waals surface area contributed by atoms with E-state index in [2.05, 4.69) is 10.6 Å². The van der Waals surface area contributed by atoms with Gasteiger partial charge in [-0.1, -0.05) is 18.2 Å². The molecule has 1 amide bonds. The van der Waals surface area contributed by atoms with Gasteiger partial charge in [-0.25, -0.2) is 12.7 Å². The maximum absolute atomic E-state index is 12.1. The van der Waals surface area contributed by atoms with Crippen LogP contribution in [0, 0.1) is 0 Å². The summed E-state index contributed by atoms with van der Waals surface area (Å²) < 4.78 is 30.5. The number of amides is 1. The fourth-order valence-corrected chi connectivity index (χ4v) is 3.33.